The number of rotatable bonds is 4. The summed E-state index contributed by atoms with van der Waals surface area (Å²) in [7, 11) is -3.73. The van der Waals surface area contributed by atoms with Gasteiger partial charge in [0, 0.05) is 0 Å². The van der Waals surface area contributed by atoms with Gasteiger partial charge in [-0.25, -0.2) is 13.1 Å². The minimum absolute atomic E-state index is 0.0241. The van der Waals surface area contributed by atoms with Crippen molar-refractivity contribution in [3.63, 3.8) is 0 Å². The molecule has 19 heavy (non-hydrogen) atoms. The van der Waals surface area contributed by atoms with Crippen LogP contribution in [-0.4, -0.2) is 38.7 Å². The van der Waals surface area contributed by atoms with Gasteiger partial charge in [0.05, 0.1) is 30.1 Å². The van der Waals surface area contributed by atoms with Crippen LogP contribution in [-0.2, 0) is 19.6 Å². The minimum atomic E-state index is -3.73. The van der Waals surface area contributed by atoms with E-state index in [0.717, 1.165) is 0 Å². The van der Waals surface area contributed by atoms with Gasteiger partial charge < -0.3 is 9.84 Å². The molecule has 0 radical (unpaired) electrons. The first-order valence-corrected chi connectivity index (χ1v) is 7.28. The van der Waals surface area contributed by atoms with E-state index in [1.54, 1.807) is 25.1 Å². The molecule has 6 nitrogen and oxygen atoms in total. The molecule has 1 saturated heterocycles. The molecular formula is C12H15NO5S. The van der Waals surface area contributed by atoms with Crippen LogP contribution in [0.15, 0.2) is 29.2 Å². The Kier molecular flexibility index (Phi) is 3.88. The second-order valence-electron chi connectivity index (χ2n) is 4.48. The molecule has 2 atom stereocenters. The van der Waals surface area contributed by atoms with E-state index >= 15 is 0 Å². The lowest BCUT2D eigenvalue weighted by molar-refractivity contribution is -0.142. The van der Waals surface area contributed by atoms with Crippen molar-refractivity contribution in [3.05, 3.63) is 29.8 Å². The van der Waals surface area contributed by atoms with Gasteiger partial charge in [0.25, 0.3) is 0 Å². The molecule has 2 rings (SSSR count). The molecule has 0 aromatic heterocycles. The van der Waals surface area contributed by atoms with E-state index in [2.05, 4.69) is 4.72 Å². The van der Waals surface area contributed by atoms with Gasteiger partial charge in [0.15, 0.2) is 0 Å². The highest BCUT2D eigenvalue weighted by Gasteiger charge is 2.37. The van der Waals surface area contributed by atoms with Gasteiger partial charge in [0.1, 0.15) is 0 Å². The van der Waals surface area contributed by atoms with Crippen LogP contribution in [0.5, 0.6) is 0 Å². The average molecular weight is 285 g/mol. The first-order chi connectivity index (χ1) is 8.92. The number of ether oxygens (including phenoxy) is 1. The van der Waals surface area contributed by atoms with E-state index in [1.807, 2.05) is 0 Å². The number of carboxylic acids is 1. The summed E-state index contributed by atoms with van der Waals surface area (Å²) in [4.78, 5) is 11.1. The van der Waals surface area contributed by atoms with Crippen LogP contribution in [0.3, 0.4) is 0 Å². The highest BCUT2D eigenvalue weighted by Crippen LogP contribution is 2.19. The summed E-state index contributed by atoms with van der Waals surface area (Å²) in [6.07, 6.45) is 0. The van der Waals surface area contributed by atoms with Crippen molar-refractivity contribution in [2.45, 2.75) is 17.9 Å². The molecule has 1 aromatic carbocycles. The van der Waals surface area contributed by atoms with Crippen LogP contribution in [0.4, 0.5) is 0 Å². The predicted octanol–water partition coefficient (Wildman–Crippen LogP) is 0.373. The zero-order chi connectivity index (χ0) is 14.0. The third kappa shape index (κ3) is 2.94. The Morgan fingerprint density at radius 3 is 2.68 bits per heavy atom. The average Bonchev–Trinajstić information content (AvgIpc) is 2.76. The fourth-order valence-corrected chi connectivity index (χ4v) is 3.54. The summed E-state index contributed by atoms with van der Waals surface area (Å²) in [6, 6.07) is 5.81. The van der Waals surface area contributed by atoms with Gasteiger partial charge in [-0.3, -0.25) is 4.79 Å². The molecule has 1 heterocycles. The first-order valence-electron chi connectivity index (χ1n) is 5.80. The number of aliphatic carboxylic acids is 1. The minimum Gasteiger partial charge on any atom is -0.481 e. The number of nitrogens with one attached hydrogen (secondary N) is 1. The molecule has 2 unspecified atom stereocenters. The Morgan fingerprint density at radius 2 is 2.05 bits per heavy atom. The molecule has 1 aliphatic rings. The maximum absolute atomic E-state index is 12.2. The molecule has 0 bridgehead atoms. The summed E-state index contributed by atoms with van der Waals surface area (Å²) < 4.78 is 31.9. The van der Waals surface area contributed by atoms with E-state index in [0.29, 0.717) is 5.56 Å². The highest BCUT2D eigenvalue weighted by molar-refractivity contribution is 7.89. The standard InChI is InChI=1S/C12H15NO5S/c1-8-4-2-3-5-11(8)19(16,17)13-10-7-18-6-9(10)12(14)15/h2-5,9-10,13H,6-7H2,1H3,(H,14,15). The fourth-order valence-electron chi connectivity index (χ4n) is 2.03. The molecule has 104 valence electrons. The van der Waals surface area contributed by atoms with Crippen LogP contribution in [0.2, 0.25) is 0 Å². The summed E-state index contributed by atoms with van der Waals surface area (Å²) in [5.74, 6) is -1.91. The maximum Gasteiger partial charge on any atom is 0.310 e. The van der Waals surface area contributed by atoms with Crippen LogP contribution in [0.25, 0.3) is 0 Å². The molecule has 1 aromatic rings. The summed E-state index contributed by atoms with van der Waals surface area (Å²) in [6.45, 7) is 1.78. The fraction of sp³-hybridized carbons (Fsp3) is 0.417. The smallest absolute Gasteiger partial charge is 0.310 e. The Hall–Kier alpha value is -1.44. The van der Waals surface area contributed by atoms with Crippen molar-refractivity contribution in [2.75, 3.05) is 13.2 Å². The van der Waals surface area contributed by atoms with Gasteiger partial charge in [-0.05, 0) is 18.6 Å². The van der Waals surface area contributed by atoms with Crippen molar-refractivity contribution < 1.29 is 23.1 Å². The molecule has 0 saturated carbocycles. The van der Waals surface area contributed by atoms with Gasteiger partial charge >= 0.3 is 5.97 Å². The second kappa shape index (κ2) is 5.28. The third-order valence-corrected chi connectivity index (χ3v) is 4.74. The molecule has 0 amide bonds. The maximum atomic E-state index is 12.2. The van der Waals surface area contributed by atoms with Gasteiger partial charge in [-0.15, -0.1) is 0 Å². The lowest BCUT2D eigenvalue weighted by Crippen LogP contribution is -2.42. The van der Waals surface area contributed by atoms with Crippen LogP contribution >= 0.6 is 0 Å². The third-order valence-electron chi connectivity index (χ3n) is 3.09. The first kappa shape index (κ1) is 14.0. The summed E-state index contributed by atoms with van der Waals surface area (Å²) >= 11 is 0. The lowest BCUT2D eigenvalue weighted by Gasteiger charge is -2.16. The number of carbonyl (C=O) groups is 1. The van der Waals surface area contributed by atoms with Crippen molar-refractivity contribution in [1.29, 1.82) is 0 Å². The number of hydrogen-bond acceptors (Lipinski definition) is 4. The topological polar surface area (TPSA) is 92.7 Å². The molecule has 2 N–H and O–H groups in total. The van der Waals surface area contributed by atoms with Crippen LogP contribution in [0.1, 0.15) is 5.56 Å². The molecule has 7 heteroatoms. The highest BCUT2D eigenvalue weighted by atomic mass is 32.2. The Morgan fingerprint density at radius 1 is 1.37 bits per heavy atom. The zero-order valence-electron chi connectivity index (χ0n) is 10.4. The van der Waals surface area contributed by atoms with Crippen LogP contribution in [0, 0.1) is 12.8 Å². The van der Waals surface area contributed by atoms with Gasteiger partial charge in [0.2, 0.25) is 10.0 Å². The second-order valence-corrected chi connectivity index (χ2v) is 6.16. The van der Waals surface area contributed by atoms with E-state index in [4.69, 9.17) is 9.84 Å². The number of carboxylic acid groups (broad SMARTS) is 1. The van der Waals surface area contributed by atoms with Crippen molar-refractivity contribution >= 4 is 16.0 Å². The monoisotopic (exact) mass is 285 g/mol. The van der Waals surface area contributed by atoms with Crippen molar-refractivity contribution in [2.24, 2.45) is 5.92 Å². The van der Waals surface area contributed by atoms with E-state index in [-0.39, 0.29) is 18.1 Å². The van der Waals surface area contributed by atoms with Crippen molar-refractivity contribution in [3.8, 4) is 0 Å². The Labute approximate surface area is 111 Å². The van der Waals surface area contributed by atoms with E-state index < -0.39 is 28.0 Å². The summed E-state index contributed by atoms with van der Waals surface area (Å²) in [5.41, 5.74) is 0.612. The SMILES string of the molecule is Cc1ccccc1S(=O)(=O)NC1COCC1C(=O)O. The Bertz CT molecular complexity index is 584. The van der Waals surface area contributed by atoms with E-state index in [9.17, 15) is 13.2 Å². The van der Waals surface area contributed by atoms with E-state index in [1.165, 1.54) is 6.07 Å². The quantitative estimate of drug-likeness (QED) is 0.834. The number of aryl methyl sites for hydroxylation is 1. The molecule has 0 spiro atoms. The molecular weight excluding hydrogens is 270 g/mol. The van der Waals surface area contributed by atoms with Crippen molar-refractivity contribution in [1.82, 2.24) is 4.72 Å². The number of hydrogen-bond donors (Lipinski definition) is 2. The Balaban J connectivity index is 2.23. The normalized spacial score (nSPS) is 23.4. The molecule has 0 aliphatic carbocycles. The summed E-state index contributed by atoms with van der Waals surface area (Å²) in [5, 5.41) is 8.99. The molecule has 1 fully saturated rings. The largest absolute Gasteiger partial charge is 0.481 e. The number of benzene rings is 1. The van der Waals surface area contributed by atoms with Gasteiger partial charge in [-0.2, -0.15) is 0 Å². The zero-order valence-corrected chi connectivity index (χ0v) is 11.2. The number of sulfonamides is 1. The molecule has 1 aliphatic heterocycles. The van der Waals surface area contributed by atoms with Crippen LogP contribution < -0.4 is 4.72 Å². The van der Waals surface area contributed by atoms with Gasteiger partial charge in [-0.1, -0.05) is 18.2 Å². The predicted molar refractivity (Wildman–Crippen MR) is 67.2 cm³/mol. The lowest BCUT2D eigenvalue weighted by atomic mass is 10.1.